The van der Waals surface area contributed by atoms with Crippen molar-refractivity contribution in [3.63, 3.8) is 0 Å². The van der Waals surface area contributed by atoms with Gasteiger partial charge in [-0.15, -0.1) is 0 Å². The van der Waals surface area contributed by atoms with Gasteiger partial charge >= 0.3 is 0 Å². The van der Waals surface area contributed by atoms with E-state index in [1.807, 2.05) is 12.3 Å². The van der Waals surface area contributed by atoms with Crippen molar-refractivity contribution in [2.24, 2.45) is 5.92 Å². The van der Waals surface area contributed by atoms with Gasteiger partial charge in [-0.05, 0) is 61.5 Å². The third-order valence-electron chi connectivity index (χ3n) is 5.37. The molecule has 0 atom stereocenters. The smallest absolute Gasteiger partial charge is 0.0705 e. The maximum atomic E-state index is 4.54. The zero-order chi connectivity index (χ0) is 17.6. The molecule has 0 spiro atoms. The molecule has 2 nitrogen and oxygen atoms in total. The second-order valence-electron chi connectivity index (χ2n) is 7.32. The van der Waals surface area contributed by atoms with Crippen molar-refractivity contribution in [2.45, 2.75) is 25.8 Å². The predicted molar refractivity (Wildman–Crippen MR) is 108 cm³/mol. The topological polar surface area (TPSA) is 16.1 Å². The highest BCUT2D eigenvalue weighted by atomic mass is 15.1. The maximum Gasteiger partial charge on any atom is 0.0705 e. The summed E-state index contributed by atoms with van der Waals surface area (Å²) >= 11 is 0. The third-order valence-corrected chi connectivity index (χ3v) is 5.37. The van der Waals surface area contributed by atoms with Gasteiger partial charge < -0.3 is 0 Å². The first-order valence-electron chi connectivity index (χ1n) is 9.63. The summed E-state index contributed by atoms with van der Waals surface area (Å²) < 4.78 is 0. The van der Waals surface area contributed by atoms with Crippen LogP contribution in [0.2, 0.25) is 0 Å². The molecule has 2 aromatic carbocycles. The maximum absolute atomic E-state index is 4.54. The van der Waals surface area contributed by atoms with Crippen LogP contribution in [0.1, 0.15) is 24.0 Å². The van der Waals surface area contributed by atoms with Crippen LogP contribution in [0.4, 0.5) is 0 Å². The Morgan fingerprint density at radius 1 is 0.808 bits per heavy atom. The highest BCUT2D eigenvalue weighted by molar-refractivity contribution is 5.59. The lowest BCUT2D eigenvalue weighted by Crippen LogP contribution is -2.33. The summed E-state index contributed by atoms with van der Waals surface area (Å²) in [6.45, 7) is 3.42. The Kier molecular flexibility index (Phi) is 5.41. The molecule has 0 N–H and O–H groups in total. The van der Waals surface area contributed by atoms with Crippen LogP contribution >= 0.6 is 0 Å². The molecule has 132 valence electrons. The number of rotatable bonds is 5. The highest BCUT2D eigenvalue weighted by Crippen LogP contribution is 2.24. The first kappa shape index (κ1) is 17.0. The van der Waals surface area contributed by atoms with Crippen molar-refractivity contribution in [2.75, 3.05) is 13.1 Å². The van der Waals surface area contributed by atoms with E-state index >= 15 is 0 Å². The lowest BCUT2D eigenvalue weighted by molar-refractivity contribution is 0.177. The van der Waals surface area contributed by atoms with Crippen LogP contribution in [-0.2, 0) is 13.0 Å². The minimum absolute atomic E-state index is 0.825. The lowest BCUT2D eigenvalue weighted by Gasteiger charge is -2.32. The van der Waals surface area contributed by atoms with E-state index in [0.29, 0.717) is 0 Å². The molecule has 1 aliphatic heterocycles. The van der Waals surface area contributed by atoms with Gasteiger partial charge in [-0.25, -0.2) is 0 Å². The molecule has 2 heteroatoms. The molecule has 2 heterocycles. The molecule has 0 aliphatic carbocycles. The Morgan fingerprint density at radius 2 is 1.50 bits per heavy atom. The monoisotopic (exact) mass is 342 g/mol. The normalized spacial score (nSPS) is 15.8. The van der Waals surface area contributed by atoms with Crippen LogP contribution in [0.5, 0.6) is 0 Å². The Balaban J connectivity index is 1.33. The van der Waals surface area contributed by atoms with Crippen molar-refractivity contribution in [3.05, 3.63) is 90.1 Å². The van der Waals surface area contributed by atoms with Gasteiger partial charge in [0.25, 0.3) is 0 Å². The summed E-state index contributed by atoms with van der Waals surface area (Å²) in [7, 11) is 0. The molecular formula is C24H26N2. The Morgan fingerprint density at radius 3 is 2.23 bits per heavy atom. The zero-order valence-corrected chi connectivity index (χ0v) is 15.2. The molecule has 26 heavy (non-hydrogen) atoms. The minimum Gasteiger partial charge on any atom is -0.299 e. The van der Waals surface area contributed by atoms with Crippen LogP contribution in [0, 0.1) is 5.92 Å². The second-order valence-corrected chi connectivity index (χ2v) is 7.32. The summed E-state index contributed by atoms with van der Waals surface area (Å²) in [4.78, 5) is 7.13. The zero-order valence-electron chi connectivity index (χ0n) is 15.2. The molecule has 0 saturated carbocycles. The molecule has 1 saturated heterocycles. The van der Waals surface area contributed by atoms with Crippen molar-refractivity contribution in [3.8, 4) is 11.3 Å². The fourth-order valence-corrected chi connectivity index (χ4v) is 3.89. The van der Waals surface area contributed by atoms with Crippen LogP contribution < -0.4 is 0 Å². The van der Waals surface area contributed by atoms with Gasteiger partial charge in [0, 0.05) is 18.3 Å². The molecule has 3 aromatic rings. The van der Waals surface area contributed by atoms with Crippen LogP contribution in [0.3, 0.4) is 0 Å². The van der Waals surface area contributed by atoms with Gasteiger partial charge in [-0.1, -0.05) is 60.7 Å². The summed E-state index contributed by atoms with van der Waals surface area (Å²) in [5, 5.41) is 0. The first-order valence-corrected chi connectivity index (χ1v) is 9.63. The number of likely N-dealkylation sites (tertiary alicyclic amines) is 1. The summed E-state index contributed by atoms with van der Waals surface area (Å²) in [6.07, 6.45) is 5.76. The highest BCUT2D eigenvalue weighted by Gasteiger charge is 2.19. The number of hydrogen-bond donors (Lipinski definition) is 0. The quantitative estimate of drug-likeness (QED) is 0.633. The third kappa shape index (κ3) is 4.39. The van der Waals surface area contributed by atoms with Crippen LogP contribution in [0.15, 0.2) is 79.0 Å². The lowest BCUT2D eigenvalue weighted by atomic mass is 9.90. The van der Waals surface area contributed by atoms with Crippen LogP contribution in [0.25, 0.3) is 11.3 Å². The van der Waals surface area contributed by atoms with Gasteiger partial charge in [0.05, 0.1) is 5.69 Å². The van der Waals surface area contributed by atoms with Gasteiger partial charge in [0.15, 0.2) is 0 Å². The van der Waals surface area contributed by atoms with Crippen molar-refractivity contribution < 1.29 is 0 Å². The number of nitrogens with zero attached hydrogens (tertiary/aromatic N) is 2. The van der Waals surface area contributed by atoms with E-state index < -0.39 is 0 Å². The fourth-order valence-electron chi connectivity index (χ4n) is 3.89. The molecule has 1 aliphatic rings. The van der Waals surface area contributed by atoms with Gasteiger partial charge in [-0.3, -0.25) is 9.88 Å². The first-order chi connectivity index (χ1) is 12.9. The van der Waals surface area contributed by atoms with E-state index in [2.05, 4.69) is 76.6 Å². The largest absolute Gasteiger partial charge is 0.299 e. The van der Waals surface area contributed by atoms with E-state index in [-0.39, 0.29) is 0 Å². The van der Waals surface area contributed by atoms with Crippen molar-refractivity contribution >= 4 is 0 Å². The Hall–Kier alpha value is -2.45. The minimum atomic E-state index is 0.825. The van der Waals surface area contributed by atoms with Crippen molar-refractivity contribution in [1.29, 1.82) is 0 Å². The molecule has 1 aromatic heterocycles. The molecule has 0 radical (unpaired) electrons. The van der Waals surface area contributed by atoms with Gasteiger partial charge in [-0.2, -0.15) is 0 Å². The van der Waals surface area contributed by atoms with E-state index in [1.165, 1.54) is 49.0 Å². The average Bonchev–Trinajstić information content (AvgIpc) is 2.71. The van der Waals surface area contributed by atoms with Gasteiger partial charge in [0.1, 0.15) is 0 Å². The molecule has 0 bridgehead atoms. The van der Waals surface area contributed by atoms with Crippen molar-refractivity contribution in [1.82, 2.24) is 9.88 Å². The van der Waals surface area contributed by atoms with E-state index in [9.17, 15) is 0 Å². The number of pyridine rings is 1. The summed E-state index contributed by atoms with van der Waals surface area (Å²) in [5.41, 5.74) is 5.10. The predicted octanol–water partition coefficient (Wildman–Crippen LogP) is 5.20. The number of benzene rings is 2. The summed E-state index contributed by atoms with van der Waals surface area (Å²) in [5.74, 6) is 0.825. The SMILES string of the molecule is c1ccc(CC2CCN(Cc3ccnc(-c4ccccc4)c3)CC2)cc1. The number of hydrogen-bond acceptors (Lipinski definition) is 2. The van der Waals surface area contributed by atoms with E-state index in [4.69, 9.17) is 0 Å². The molecule has 4 rings (SSSR count). The van der Waals surface area contributed by atoms with Gasteiger partial charge in [0.2, 0.25) is 0 Å². The average molecular weight is 342 g/mol. The molecular weight excluding hydrogens is 316 g/mol. The number of piperidine rings is 1. The van der Waals surface area contributed by atoms with E-state index in [0.717, 1.165) is 18.2 Å². The van der Waals surface area contributed by atoms with Crippen LogP contribution in [-0.4, -0.2) is 23.0 Å². The number of aromatic nitrogens is 1. The summed E-state index contributed by atoms with van der Waals surface area (Å²) in [6, 6.07) is 25.8. The second kappa shape index (κ2) is 8.29. The molecule has 0 unspecified atom stereocenters. The Bertz CT molecular complexity index is 806. The molecule has 0 amide bonds. The Labute approximate surface area is 156 Å². The standard InChI is InChI=1S/C24H26N2/c1-3-7-20(8-4-1)17-21-12-15-26(16-13-21)19-22-11-14-25-24(18-22)23-9-5-2-6-10-23/h1-11,14,18,21H,12-13,15-17,19H2. The van der Waals surface area contributed by atoms with E-state index in [1.54, 1.807) is 0 Å². The molecule has 1 fully saturated rings. The fraction of sp³-hybridized carbons (Fsp3) is 0.292.